The van der Waals surface area contributed by atoms with Crippen molar-refractivity contribution in [2.75, 3.05) is 4.90 Å². The van der Waals surface area contributed by atoms with Crippen LogP contribution in [0.3, 0.4) is 0 Å². The van der Waals surface area contributed by atoms with Crippen LogP contribution >= 0.6 is 0 Å². The Morgan fingerprint density at radius 1 is 0.268 bits per heavy atom. The molecule has 0 radical (unpaired) electrons. The topological polar surface area (TPSA) is 3.24 Å². The van der Waals surface area contributed by atoms with Crippen molar-refractivity contribution in [3.63, 3.8) is 0 Å². The first-order chi connectivity index (χ1) is 34.0. The quantitative estimate of drug-likeness (QED) is 0.170. The molecular formula is C70H61N. The van der Waals surface area contributed by atoms with Gasteiger partial charge in [0.2, 0.25) is 0 Å². The summed E-state index contributed by atoms with van der Waals surface area (Å²) in [6.07, 6.45) is 0. The maximum atomic E-state index is 2.64. The molecule has 0 aliphatic heterocycles. The van der Waals surface area contributed by atoms with Crippen LogP contribution in [-0.4, -0.2) is 0 Å². The molecule has 5 aliphatic carbocycles. The van der Waals surface area contributed by atoms with Crippen molar-refractivity contribution in [2.24, 2.45) is 5.41 Å². The largest absolute Gasteiger partial charge is 0.310 e. The van der Waals surface area contributed by atoms with Gasteiger partial charge in [-0.3, -0.25) is 0 Å². The normalized spacial score (nSPS) is 18.1. The highest BCUT2D eigenvalue weighted by atomic mass is 15.1. The zero-order chi connectivity index (χ0) is 48.8. The van der Waals surface area contributed by atoms with E-state index in [0.29, 0.717) is 0 Å². The highest BCUT2D eigenvalue weighted by Gasteiger charge is 2.57. The van der Waals surface area contributed by atoms with Crippen LogP contribution in [0.1, 0.15) is 125 Å². The van der Waals surface area contributed by atoms with Crippen LogP contribution in [0.5, 0.6) is 0 Å². The van der Waals surface area contributed by atoms with E-state index in [-0.39, 0.29) is 27.1 Å². The Morgan fingerprint density at radius 2 is 0.662 bits per heavy atom. The smallest absolute Gasteiger partial charge is 0.0726 e. The molecule has 1 spiro atoms. The fraction of sp³-hybridized carbons (Fsp3) is 0.229. The van der Waals surface area contributed by atoms with E-state index in [9.17, 15) is 0 Å². The predicted octanol–water partition coefficient (Wildman–Crippen LogP) is 18.4. The third kappa shape index (κ3) is 5.12. The molecule has 0 heterocycles. The number of anilines is 3. The lowest BCUT2D eigenvalue weighted by molar-refractivity contribution is 0.125. The van der Waals surface area contributed by atoms with Crippen LogP contribution in [0.25, 0.3) is 55.6 Å². The van der Waals surface area contributed by atoms with Crippen LogP contribution in [0.2, 0.25) is 0 Å². The van der Waals surface area contributed by atoms with Crippen molar-refractivity contribution in [1.29, 1.82) is 0 Å². The maximum Gasteiger partial charge on any atom is 0.0726 e. The van der Waals surface area contributed by atoms with Gasteiger partial charge in [0, 0.05) is 27.8 Å². The lowest BCUT2D eigenvalue weighted by Gasteiger charge is -2.44. The molecule has 0 amide bonds. The Kier molecular flexibility index (Phi) is 8.29. The van der Waals surface area contributed by atoms with E-state index in [1.165, 1.54) is 123 Å². The first-order valence-corrected chi connectivity index (χ1v) is 25.9. The van der Waals surface area contributed by atoms with Crippen molar-refractivity contribution < 1.29 is 0 Å². The van der Waals surface area contributed by atoms with Gasteiger partial charge in [0.1, 0.15) is 0 Å². The second-order valence-electron chi connectivity index (χ2n) is 24.1. The van der Waals surface area contributed by atoms with Crippen LogP contribution in [0.15, 0.2) is 188 Å². The molecule has 9 aromatic carbocycles. The molecule has 5 aliphatic rings. The van der Waals surface area contributed by atoms with Gasteiger partial charge in [-0.1, -0.05) is 221 Å². The van der Waals surface area contributed by atoms with Crippen molar-refractivity contribution in [3.05, 3.63) is 244 Å². The van der Waals surface area contributed by atoms with Crippen LogP contribution in [0, 0.1) is 5.41 Å². The number of nitrogens with zero attached hydrogens (tertiary/aromatic N) is 1. The molecule has 0 atom stereocenters. The van der Waals surface area contributed by atoms with Gasteiger partial charge < -0.3 is 4.90 Å². The number of fused-ring (bicyclic) bond motifs is 17. The molecule has 0 bridgehead atoms. The summed E-state index contributed by atoms with van der Waals surface area (Å²) in [5.74, 6) is 0. The summed E-state index contributed by atoms with van der Waals surface area (Å²) >= 11 is 0. The molecule has 71 heavy (non-hydrogen) atoms. The first kappa shape index (κ1) is 42.6. The van der Waals surface area contributed by atoms with Crippen molar-refractivity contribution in [1.82, 2.24) is 0 Å². The molecule has 14 rings (SSSR count). The molecule has 0 unspecified atom stereocenters. The summed E-state index contributed by atoms with van der Waals surface area (Å²) in [5, 5.41) is 0. The lowest BCUT2D eigenvalue weighted by atomic mass is 9.59. The summed E-state index contributed by atoms with van der Waals surface area (Å²) < 4.78 is 0. The molecule has 346 valence electrons. The van der Waals surface area contributed by atoms with E-state index in [2.05, 4.69) is 262 Å². The van der Waals surface area contributed by atoms with E-state index >= 15 is 0 Å². The molecule has 0 N–H and O–H groups in total. The zero-order valence-electron chi connectivity index (χ0n) is 42.8. The molecule has 0 saturated heterocycles. The minimum Gasteiger partial charge on any atom is -0.310 e. The van der Waals surface area contributed by atoms with E-state index < -0.39 is 5.41 Å². The number of hydrogen-bond donors (Lipinski definition) is 0. The first-order valence-electron chi connectivity index (χ1n) is 25.9. The molecule has 1 heteroatoms. The van der Waals surface area contributed by atoms with Crippen LogP contribution in [0.4, 0.5) is 17.1 Å². The van der Waals surface area contributed by atoms with Gasteiger partial charge in [0.05, 0.1) is 11.1 Å². The fourth-order valence-corrected chi connectivity index (χ4v) is 14.9. The fourth-order valence-electron chi connectivity index (χ4n) is 14.9. The van der Waals surface area contributed by atoms with Gasteiger partial charge in [0.25, 0.3) is 0 Å². The molecular weight excluding hydrogens is 855 g/mol. The van der Waals surface area contributed by atoms with Crippen molar-refractivity contribution in [2.45, 2.75) is 96.3 Å². The summed E-state index contributed by atoms with van der Waals surface area (Å²) in [4.78, 5) is 2.64. The summed E-state index contributed by atoms with van der Waals surface area (Å²) in [5.41, 5.74) is 29.6. The highest BCUT2D eigenvalue weighted by Crippen LogP contribution is 2.65. The van der Waals surface area contributed by atoms with E-state index in [1.807, 2.05) is 0 Å². The third-order valence-corrected chi connectivity index (χ3v) is 19.8. The van der Waals surface area contributed by atoms with Crippen LogP contribution in [-0.2, 0) is 27.1 Å². The van der Waals surface area contributed by atoms with Gasteiger partial charge in [-0.05, 0) is 158 Å². The Hall–Kier alpha value is -7.22. The van der Waals surface area contributed by atoms with Gasteiger partial charge >= 0.3 is 0 Å². The molecule has 1 nitrogen and oxygen atoms in total. The van der Waals surface area contributed by atoms with Gasteiger partial charge in [-0.25, -0.2) is 0 Å². The second kappa shape index (κ2) is 13.8. The predicted molar refractivity (Wildman–Crippen MR) is 298 cm³/mol. The summed E-state index contributed by atoms with van der Waals surface area (Å²) in [6, 6.07) is 73.1. The van der Waals surface area contributed by atoms with Crippen molar-refractivity contribution in [3.8, 4) is 55.6 Å². The molecule has 9 aromatic rings. The highest BCUT2D eigenvalue weighted by molar-refractivity contribution is 5.99. The van der Waals surface area contributed by atoms with Crippen LogP contribution < -0.4 is 4.90 Å². The average Bonchev–Trinajstić information content (AvgIpc) is 4.03. The Bertz CT molecular complexity index is 3750. The minimum atomic E-state index is -0.474. The molecule has 0 fully saturated rings. The summed E-state index contributed by atoms with van der Waals surface area (Å²) in [7, 11) is 0. The van der Waals surface area contributed by atoms with Gasteiger partial charge in [0.15, 0.2) is 0 Å². The van der Waals surface area contributed by atoms with E-state index in [1.54, 1.807) is 0 Å². The Balaban J connectivity index is 1.09. The SMILES string of the molecule is CC1(C)c2ccccc2-c2ccc(N(c3ccc4c(c3)C3(c5ccccc5-c5ccccc53)c3ccccc3-4)c3cc4c(cc3-c3ccc5c(c3)C(C)(C)C(C)(C)C5(C)C)-c3ccccc3C4(C)C)cc21. The zero-order valence-corrected chi connectivity index (χ0v) is 42.8. The third-order valence-electron chi connectivity index (χ3n) is 19.8. The maximum absolute atomic E-state index is 2.64. The van der Waals surface area contributed by atoms with E-state index in [4.69, 9.17) is 0 Å². The Morgan fingerprint density at radius 3 is 1.18 bits per heavy atom. The minimum absolute atomic E-state index is 0.00432. The standard InChI is InChI=1S/C70H61N/c1-65(2)54-26-16-11-21-45(54)50-34-32-43(38-60(50)65)71(44-33-35-51-48-24-15-20-30-58(48)70(62(51)39-44)56-28-18-13-22-46(56)47-23-14-19-29-57(47)70)64-41-61-53(49-25-12-17-27-55(49)66(61,3)4)40-52(64)42-31-36-59-63(37-42)68(7,8)69(9,10)67(59,5)6/h11-41H,1-10H3. The summed E-state index contributed by atoms with van der Waals surface area (Å²) in [6.45, 7) is 24.5. The second-order valence-corrected chi connectivity index (χ2v) is 24.1. The monoisotopic (exact) mass is 915 g/mol. The van der Waals surface area contributed by atoms with Crippen molar-refractivity contribution >= 4 is 17.1 Å². The lowest BCUT2D eigenvalue weighted by Crippen LogP contribution is -2.42. The average molecular weight is 916 g/mol. The van der Waals surface area contributed by atoms with Gasteiger partial charge in [-0.2, -0.15) is 0 Å². The molecule has 0 aromatic heterocycles. The number of benzene rings is 9. The van der Waals surface area contributed by atoms with Gasteiger partial charge in [-0.15, -0.1) is 0 Å². The number of hydrogen-bond acceptors (Lipinski definition) is 1. The number of rotatable bonds is 4. The van der Waals surface area contributed by atoms with E-state index in [0.717, 1.165) is 5.69 Å². The molecule has 0 saturated carbocycles. The Labute approximate surface area is 420 Å².